The normalized spacial score (nSPS) is 36.4. The average Bonchev–Trinajstić information content (AvgIpc) is 3.49. The van der Waals surface area contributed by atoms with Crippen molar-refractivity contribution >= 4 is 5.91 Å². The lowest BCUT2D eigenvalue weighted by molar-refractivity contribution is -0.128. The first-order valence-corrected chi connectivity index (χ1v) is 11.4. The summed E-state index contributed by atoms with van der Waals surface area (Å²) in [5.74, 6) is 1.53. The van der Waals surface area contributed by atoms with Gasteiger partial charge in [0.25, 0.3) is 0 Å². The molecule has 2 bridgehead atoms. The fourth-order valence-electron chi connectivity index (χ4n) is 6.41. The molecule has 5 nitrogen and oxygen atoms in total. The highest BCUT2D eigenvalue weighted by Crippen LogP contribution is 2.56. The Hall–Kier alpha value is -1.59. The molecule has 29 heavy (non-hydrogen) atoms. The van der Waals surface area contributed by atoms with Crippen LogP contribution < -0.4 is 5.32 Å². The van der Waals surface area contributed by atoms with Crippen LogP contribution in [0.25, 0.3) is 0 Å². The molecule has 1 unspecified atom stereocenters. The maximum absolute atomic E-state index is 12.4. The van der Waals surface area contributed by atoms with E-state index in [0.29, 0.717) is 24.1 Å². The van der Waals surface area contributed by atoms with Gasteiger partial charge in [-0.05, 0) is 80.2 Å². The maximum atomic E-state index is 12.4. The fraction of sp³-hybridized carbons (Fsp3) is 0.708. The van der Waals surface area contributed by atoms with Crippen LogP contribution in [0.4, 0.5) is 0 Å². The van der Waals surface area contributed by atoms with Crippen molar-refractivity contribution in [3.8, 4) is 5.75 Å². The molecule has 4 aliphatic rings. The number of phenolic OH excluding ortho intramolecular Hbond substituents is 1. The average molecular weight is 399 g/mol. The van der Waals surface area contributed by atoms with E-state index in [1.54, 1.807) is 0 Å². The van der Waals surface area contributed by atoms with Crippen LogP contribution in [0.2, 0.25) is 0 Å². The van der Waals surface area contributed by atoms with Crippen LogP contribution in [0.15, 0.2) is 18.2 Å². The van der Waals surface area contributed by atoms with E-state index < -0.39 is 6.10 Å². The van der Waals surface area contributed by atoms with Gasteiger partial charge in [-0.1, -0.05) is 19.9 Å². The van der Waals surface area contributed by atoms with Crippen molar-refractivity contribution < 1.29 is 15.0 Å². The number of rotatable bonds is 4. The Balaban J connectivity index is 1.50. The van der Waals surface area contributed by atoms with Gasteiger partial charge in [0, 0.05) is 23.9 Å². The van der Waals surface area contributed by atoms with E-state index in [1.807, 2.05) is 26.0 Å². The van der Waals surface area contributed by atoms with Crippen LogP contribution in [0.3, 0.4) is 0 Å². The van der Waals surface area contributed by atoms with Crippen molar-refractivity contribution in [2.45, 2.75) is 76.0 Å². The van der Waals surface area contributed by atoms with Crippen LogP contribution in [-0.4, -0.2) is 52.3 Å². The summed E-state index contributed by atoms with van der Waals surface area (Å²) in [5.41, 5.74) is 2.49. The molecule has 1 heterocycles. The molecule has 1 aliphatic heterocycles. The Kier molecular flexibility index (Phi) is 4.67. The number of piperidine rings is 1. The molecule has 5 rings (SSSR count). The summed E-state index contributed by atoms with van der Waals surface area (Å²) in [6.45, 7) is 6.06. The van der Waals surface area contributed by atoms with Gasteiger partial charge in [0.05, 0.1) is 12.1 Å². The molecule has 1 aromatic carbocycles. The Morgan fingerprint density at radius 2 is 2.14 bits per heavy atom. The summed E-state index contributed by atoms with van der Waals surface area (Å²) in [6.07, 6.45) is 5.70. The number of aromatic hydroxyl groups is 1. The number of benzene rings is 1. The molecule has 5 atom stereocenters. The zero-order valence-electron chi connectivity index (χ0n) is 17.6. The molecule has 0 spiro atoms. The highest BCUT2D eigenvalue weighted by atomic mass is 16.3. The highest BCUT2D eigenvalue weighted by molar-refractivity contribution is 5.78. The smallest absolute Gasteiger partial charge is 0.222 e. The molecule has 3 fully saturated rings. The number of phenols is 1. The summed E-state index contributed by atoms with van der Waals surface area (Å²) in [6, 6.07) is 6.14. The first kappa shape index (κ1) is 19.4. The predicted octanol–water partition coefficient (Wildman–Crippen LogP) is 2.58. The van der Waals surface area contributed by atoms with Gasteiger partial charge < -0.3 is 15.5 Å². The van der Waals surface area contributed by atoms with Gasteiger partial charge in [-0.2, -0.15) is 0 Å². The minimum Gasteiger partial charge on any atom is -0.508 e. The highest BCUT2D eigenvalue weighted by Gasteiger charge is 2.57. The van der Waals surface area contributed by atoms with Crippen LogP contribution in [0.5, 0.6) is 5.75 Å². The number of fused-ring (bicyclic) bond motifs is 1. The number of carbonyl (C=O) groups is 1. The quantitative estimate of drug-likeness (QED) is 0.729. The molecule has 1 saturated heterocycles. The minimum absolute atomic E-state index is 0.0267. The van der Waals surface area contributed by atoms with E-state index in [-0.39, 0.29) is 23.3 Å². The van der Waals surface area contributed by atoms with Gasteiger partial charge in [0.1, 0.15) is 5.75 Å². The molecule has 5 heteroatoms. The first-order chi connectivity index (χ1) is 13.9. The van der Waals surface area contributed by atoms with Gasteiger partial charge >= 0.3 is 0 Å². The van der Waals surface area contributed by atoms with E-state index in [4.69, 9.17) is 0 Å². The second-order valence-corrected chi connectivity index (χ2v) is 10.3. The maximum Gasteiger partial charge on any atom is 0.222 e. The third kappa shape index (κ3) is 3.27. The predicted molar refractivity (Wildman–Crippen MR) is 112 cm³/mol. The summed E-state index contributed by atoms with van der Waals surface area (Å²) in [7, 11) is 0. The van der Waals surface area contributed by atoms with Gasteiger partial charge in [0.15, 0.2) is 0 Å². The molecule has 3 aliphatic carbocycles. The Morgan fingerprint density at radius 3 is 2.86 bits per heavy atom. The molecule has 2 saturated carbocycles. The number of aliphatic hydroxyl groups is 1. The number of aliphatic hydroxyl groups excluding tert-OH is 1. The SMILES string of the molecule is CC(C)C(=O)N[C@H]1C[C@H]2[C@H]3Cc4ccc(O)cc4C2(CCN3CC2CC2)C[C@H]1O. The molecule has 1 aromatic rings. The molecule has 0 radical (unpaired) electrons. The van der Waals surface area contributed by atoms with Crippen molar-refractivity contribution in [3.05, 3.63) is 29.3 Å². The van der Waals surface area contributed by atoms with Crippen LogP contribution >= 0.6 is 0 Å². The molecule has 0 aromatic heterocycles. The van der Waals surface area contributed by atoms with Crippen LogP contribution in [-0.2, 0) is 16.6 Å². The number of hydrogen-bond acceptors (Lipinski definition) is 4. The van der Waals surface area contributed by atoms with Gasteiger partial charge in [0.2, 0.25) is 5.91 Å². The number of amides is 1. The summed E-state index contributed by atoms with van der Waals surface area (Å²) >= 11 is 0. The lowest BCUT2D eigenvalue weighted by atomic mass is 9.51. The number of nitrogens with zero attached hydrogens (tertiary/aromatic N) is 1. The zero-order valence-corrected chi connectivity index (χ0v) is 17.6. The molecule has 1 amide bonds. The Bertz CT molecular complexity index is 805. The molecular weight excluding hydrogens is 364 g/mol. The van der Waals surface area contributed by atoms with E-state index in [9.17, 15) is 15.0 Å². The van der Waals surface area contributed by atoms with E-state index in [2.05, 4.69) is 16.3 Å². The van der Waals surface area contributed by atoms with E-state index in [1.165, 1.54) is 30.5 Å². The number of carbonyl (C=O) groups excluding carboxylic acids is 1. The third-order valence-electron chi connectivity index (χ3n) is 8.13. The topological polar surface area (TPSA) is 72.8 Å². The molecule has 158 valence electrons. The molecule has 3 N–H and O–H groups in total. The van der Waals surface area contributed by atoms with Crippen molar-refractivity contribution in [3.63, 3.8) is 0 Å². The van der Waals surface area contributed by atoms with Gasteiger partial charge in [-0.3, -0.25) is 9.69 Å². The van der Waals surface area contributed by atoms with Gasteiger partial charge in [-0.25, -0.2) is 0 Å². The standard InChI is InChI=1S/C24H34N2O3/c1-14(2)23(29)25-20-11-19-21-9-16-5-6-17(27)10-18(16)24(19,12-22(20)28)7-8-26(21)13-15-3-4-15/h5-6,10,14-15,19-22,27-28H,3-4,7-9,11-13H2,1-2H3,(H,25,29)/t19-,20-,21+,22+,24?/m0/s1. The minimum atomic E-state index is -0.544. The first-order valence-electron chi connectivity index (χ1n) is 11.4. The lowest BCUT2D eigenvalue weighted by Gasteiger charge is -2.61. The zero-order chi connectivity index (χ0) is 20.3. The number of hydrogen-bond donors (Lipinski definition) is 3. The number of likely N-dealkylation sites (tertiary alicyclic amines) is 1. The second kappa shape index (κ2) is 6.98. The third-order valence-corrected chi connectivity index (χ3v) is 8.13. The van der Waals surface area contributed by atoms with Crippen LogP contribution in [0.1, 0.15) is 57.1 Å². The fourth-order valence-corrected chi connectivity index (χ4v) is 6.41. The van der Waals surface area contributed by atoms with E-state index in [0.717, 1.165) is 31.7 Å². The van der Waals surface area contributed by atoms with Gasteiger partial charge in [-0.15, -0.1) is 0 Å². The Morgan fingerprint density at radius 1 is 1.34 bits per heavy atom. The lowest BCUT2D eigenvalue weighted by Crippen LogP contribution is -2.66. The van der Waals surface area contributed by atoms with E-state index >= 15 is 0 Å². The molecular formula is C24H34N2O3. The largest absolute Gasteiger partial charge is 0.508 e. The van der Waals surface area contributed by atoms with Crippen molar-refractivity contribution in [2.75, 3.05) is 13.1 Å². The Labute approximate surface area is 173 Å². The van der Waals surface area contributed by atoms with Crippen molar-refractivity contribution in [2.24, 2.45) is 17.8 Å². The van der Waals surface area contributed by atoms with Crippen molar-refractivity contribution in [1.29, 1.82) is 0 Å². The monoisotopic (exact) mass is 398 g/mol. The summed E-state index contributed by atoms with van der Waals surface area (Å²) in [5, 5.41) is 24.4. The summed E-state index contributed by atoms with van der Waals surface area (Å²) < 4.78 is 0. The van der Waals surface area contributed by atoms with Crippen molar-refractivity contribution in [1.82, 2.24) is 10.2 Å². The van der Waals surface area contributed by atoms with Crippen LogP contribution in [0, 0.1) is 17.8 Å². The number of nitrogens with one attached hydrogen (secondary N) is 1. The second-order valence-electron chi connectivity index (χ2n) is 10.3. The summed E-state index contributed by atoms with van der Waals surface area (Å²) in [4.78, 5) is 15.1.